The minimum atomic E-state index is 0.265. The number of nitrogens with one attached hydrogen (secondary N) is 1. The van der Waals surface area contributed by atoms with Gasteiger partial charge in [-0.1, -0.05) is 6.08 Å². The number of hydrogen-bond acceptors (Lipinski definition) is 6. The van der Waals surface area contributed by atoms with E-state index in [1.807, 2.05) is 13.8 Å². The molecule has 1 heterocycles. The number of ether oxygens (including phenoxy) is 2. The van der Waals surface area contributed by atoms with Crippen LogP contribution >= 0.6 is 0 Å². The third-order valence-electron chi connectivity index (χ3n) is 1.76. The average Bonchev–Trinajstić information content (AvgIpc) is 2.30. The van der Waals surface area contributed by atoms with Gasteiger partial charge in [-0.3, -0.25) is 0 Å². The Morgan fingerprint density at radius 2 is 1.88 bits per heavy atom. The van der Waals surface area contributed by atoms with E-state index in [0.717, 1.165) is 13.0 Å². The molecule has 0 radical (unpaired) electrons. The van der Waals surface area contributed by atoms with Crippen LogP contribution in [-0.2, 0) is 0 Å². The first-order valence-corrected chi connectivity index (χ1v) is 5.66. The van der Waals surface area contributed by atoms with Crippen molar-refractivity contribution >= 4 is 5.95 Å². The van der Waals surface area contributed by atoms with Crippen LogP contribution in [0.3, 0.4) is 0 Å². The smallest absolute Gasteiger partial charge is 0.324 e. The maximum absolute atomic E-state index is 5.37. The molecule has 6 heteroatoms. The molecule has 0 aliphatic rings. The highest BCUT2D eigenvalue weighted by Crippen LogP contribution is 2.12. The minimum Gasteiger partial charge on any atom is -0.464 e. The highest BCUT2D eigenvalue weighted by Gasteiger charge is 2.07. The molecule has 0 aliphatic carbocycles. The van der Waals surface area contributed by atoms with Crippen LogP contribution in [0.2, 0.25) is 0 Å². The van der Waals surface area contributed by atoms with Crippen molar-refractivity contribution in [3.8, 4) is 12.0 Å². The van der Waals surface area contributed by atoms with Crippen LogP contribution in [0.4, 0.5) is 5.95 Å². The van der Waals surface area contributed by atoms with Crippen molar-refractivity contribution in [1.29, 1.82) is 0 Å². The van der Waals surface area contributed by atoms with Crippen LogP contribution < -0.4 is 14.8 Å². The van der Waals surface area contributed by atoms with Crippen LogP contribution in [0.25, 0.3) is 0 Å². The van der Waals surface area contributed by atoms with E-state index in [9.17, 15) is 0 Å². The molecule has 0 aliphatic heterocycles. The van der Waals surface area contributed by atoms with E-state index >= 15 is 0 Å². The Morgan fingerprint density at radius 3 is 2.47 bits per heavy atom. The zero-order valence-electron chi connectivity index (χ0n) is 10.3. The zero-order chi connectivity index (χ0) is 12.5. The Balaban J connectivity index is 2.75. The molecule has 94 valence electrons. The molecule has 0 spiro atoms. The monoisotopic (exact) mass is 238 g/mol. The lowest BCUT2D eigenvalue weighted by Gasteiger charge is -2.08. The molecular weight excluding hydrogens is 220 g/mol. The molecule has 0 saturated carbocycles. The third-order valence-corrected chi connectivity index (χ3v) is 1.76. The molecule has 6 nitrogen and oxygen atoms in total. The van der Waals surface area contributed by atoms with E-state index in [1.165, 1.54) is 0 Å². The van der Waals surface area contributed by atoms with Gasteiger partial charge >= 0.3 is 12.0 Å². The number of hydrogen-bond donors (Lipinski definition) is 1. The summed E-state index contributed by atoms with van der Waals surface area (Å²) in [7, 11) is 0. The lowest BCUT2D eigenvalue weighted by Crippen LogP contribution is -2.09. The van der Waals surface area contributed by atoms with Crippen LogP contribution in [0.1, 0.15) is 20.3 Å². The van der Waals surface area contributed by atoms with E-state index in [0.29, 0.717) is 19.2 Å². The van der Waals surface area contributed by atoms with Gasteiger partial charge in [0, 0.05) is 6.54 Å². The molecule has 1 aromatic rings. The molecule has 1 rings (SSSR count). The van der Waals surface area contributed by atoms with Crippen LogP contribution in [0, 0.1) is 0 Å². The number of anilines is 1. The van der Waals surface area contributed by atoms with Gasteiger partial charge in [0.25, 0.3) is 0 Å². The molecule has 0 fully saturated rings. The SMILES string of the molecule is C=CCCOc1nc(NCC)nc(OCC)n1. The molecule has 17 heavy (non-hydrogen) atoms. The van der Waals surface area contributed by atoms with Gasteiger partial charge in [-0.05, 0) is 20.3 Å². The third kappa shape index (κ3) is 4.67. The highest BCUT2D eigenvalue weighted by molar-refractivity contribution is 5.27. The van der Waals surface area contributed by atoms with Gasteiger partial charge in [0.2, 0.25) is 5.95 Å². The van der Waals surface area contributed by atoms with Crippen molar-refractivity contribution < 1.29 is 9.47 Å². The molecule has 0 unspecified atom stereocenters. The maximum Gasteiger partial charge on any atom is 0.324 e. The first kappa shape index (κ1) is 13.2. The van der Waals surface area contributed by atoms with Crippen LogP contribution in [0.5, 0.6) is 12.0 Å². The van der Waals surface area contributed by atoms with Crippen LogP contribution in [-0.4, -0.2) is 34.7 Å². The van der Waals surface area contributed by atoms with Gasteiger partial charge in [0.15, 0.2) is 0 Å². The van der Waals surface area contributed by atoms with Crippen molar-refractivity contribution in [2.24, 2.45) is 0 Å². The fourth-order valence-electron chi connectivity index (χ4n) is 1.07. The Labute approximate surface area is 101 Å². The van der Waals surface area contributed by atoms with Gasteiger partial charge in [-0.2, -0.15) is 9.97 Å². The Hall–Kier alpha value is -1.85. The van der Waals surface area contributed by atoms with E-state index in [1.54, 1.807) is 6.08 Å². The fraction of sp³-hybridized carbons (Fsp3) is 0.545. The summed E-state index contributed by atoms with van der Waals surface area (Å²) in [6, 6.07) is 0.535. The van der Waals surface area contributed by atoms with Crippen molar-refractivity contribution in [3.05, 3.63) is 12.7 Å². The summed E-state index contributed by atoms with van der Waals surface area (Å²) in [5, 5.41) is 2.99. The first-order valence-electron chi connectivity index (χ1n) is 5.66. The normalized spacial score (nSPS) is 9.76. The van der Waals surface area contributed by atoms with E-state index < -0.39 is 0 Å². The quantitative estimate of drug-likeness (QED) is 0.548. The van der Waals surface area contributed by atoms with E-state index in [4.69, 9.17) is 9.47 Å². The summed E-state index contributed by atoms with van der Waals surface area (Å²) < 4.78 is 10.6. The zero-order valence-corrected chi connectivity index (χ0v) is 10.3. The van der Waals surface area contributed by atoms with Crippen molar-refractivity contribution in [2.45, 2.75) is 20.3 Å². The lowest BCUT2D eigenvalue weighted by molar-refractivity contribution is 0.273. The van der Waals surface area contributed by atoms with Gasteiger partial charge in [-0.25, -0.2) is 0 Å². The second-order valence-corrected chi connectivity index (χ2v) is 3.11. The molecule has 1 N–H and O–H groups in total. The molecular formula is C11H18N4O2. The number of rotatable bonds is 8. The van der Waals surface area contributed by atoms with Gasteiger partial charge in [-0.15, -0.1) is 11.6 Å². The van der Waals surface area contributed by atoms with Gasteiger partial charge < -0.3 is 14.8 Å². The summed E-state index contributed by atoms with van der Waals surface area (Å²) in [6.07, 6.45) is 2.52. The molecule has 0 saturated heterocycles. The molecule has 1 aromatic heterocycles. The van der Waals surface area contributed by atoms with E-state index in [-0.39, 0.29) is 12.0 Å². The summed E-state index contributed by atoms with van der Waals surface area (Å²) in [5.41, 5.74) is 0. The standard InChI is InChI=1S/C11H18N4O2/c1-4-7-8-17-11-14-9(12-5-2)13-10(15-11)16-6-3/h4H,1,5-8H2,2-3H3,(H,12,13,14,15). The van der Waals surface area contributed by atoms with Crippen molar-refractivity contribution in [1.82, 2.24) is 15.0 Å². The maximum atomic E-state index is 5.37. The molecule has 0 atom stereocenters. The minimum absolute atomic E-state index is 0.265. The Kier molecular flexibility index (Phi) is 5.77. The summed E-state index contributed by atoms with van der Waals surface area (Å²) in [6.45, 7) is 9.16. The van der Waals surface area contributed by atoms with Gasteiger partial charge in [0.1, 0.15) is 0 Å². The molecule has 0 bridgehead atoms. The second kappa shape index (κ2) is 7.43. The Bertz CT molecular complexity index is 333. The van der Waals surface area contributed by atoms with Gasteiger partial charge in [0.05, 0.1) is 13.2 Å². The van der Waals surface area contributed by atoms with Crippen molar-refractivity contribution in [2.75, 3.05) is 25.1 Å². The number of nitrogens with zero attached hydrogens (tertiary/aromatic N) is 3. The molecule has 0 amide bonds. The lowest BCUT2D eigenvalue weighted by atomic mass is 10.5. The fourth-order valence-corrected chi connectivity index (χ4v) is 1.07. The number of aromatic nitrogens is 3. The second-order valence-electron chi connectivity index (χ2n) is 3.11. The predicted octanol–water partition coefficient (Wildman–Crippen LogP) is 1.66. The predicted molar refractivity (Wildman–Crippen MR) is 65.5 cm³/mol. The Morgan fingerprint density at radius 1 is 1.18 bits per heavy atom. The summed E-state index contributed by atoms with van der Waals surface area (Å²) in [4.78, 5) is 12.2. The van der Waals surface area contributed by atoms with Crippen molar-refractivity contribution in [3.63, 3.8) is 0 Å². The highest BCUT2D eigenvalue weighted by atomic mass is 16.5. The summed E-state index contributed by atoms with van der Waals surface area (Å²) in [5.74, 6) is 0.458. The topological polar surface area (TPSA) is 69.2 Å². The first-order chi connectivity index (χ1) is 8.30. The largest absolute Gasteiger partial charge is 0.464 e. The van der Waals surface area contributed by atoms with E-state index in [2.05, 4.69) is 26.8 Å². The molecule has 0 aromatic carbocycles. The average molecular weight is 238 g/mol. The van der Waals surface area contributed by atoms with Crippen LogP contribution in [0.15, 0.2) is 12.7 Å². The summed E-state index contributed by atoms with van der Waals surface area (Å²) >= 11 is 0.